The molecule has 1 aromatic rings. The fourth-order valence-corrected chi connectivity index (χ4v) is 3.81. The van der Waals surface area contributed by atoms with Crippen molar-refractivity contribution in [2.75, 3.05) is 25.0 Å². The minimum Gasteiger partial charge on any atom is -0.330 e. The number of benzene rings is 1. The van der Waals surface area contributed by atoms with Crippen LogP contribution in [0.1, 0.15) is 20.8 Å². The van der Waals surface area contributed by atoms with E-state index in [1.54, 1.807) is 26.8 Å². The van der Waals surface area contributed by atoms with Crippen LogP contribution in [0.25, 0.3) is 0 Å². The lowest BCUT2D eigenvalue weighted by atomic mass is 10.1. The van der Waals surface area contributed by atoms with Gasteiger partial charge in [0.1, 0.15) is 4.90 Å². The summed E-state index contributed by atoms with van der Waals surface area (Å²) in [7, 11) is -3.69. The molecule has 1 aromatic carbocycles. The molecule has 22 heavy (non-hydrogen) atoms. The summed E-state index contributed by atoms with van der Waals surface area (Å²) in [5.74, 6) is -0.630. The zero-order chi connectivity index (χ0) is 16.9. The minimum absolute atomic E-state index is 0.0175. The lowest BCUT2D eigenvalue weighted by molar-refractivity contribution is -0.119. The Morgan fingerprint density at radius 2 is 1.95 bits per heavy atom. The van der Waals surface area contributed by atoms with Crippen molar-refractivity contribution in [1.82, 2.24) is 4.31 Å². The van der Waals surface area contributed by atoms with Gasteiger partial charge in [-0.25, -0.2) is 8.42 Å². The average Bonchev–Trinajstić information content (AvgIpc) is 2.48. The molecular weight excluding hydrogens is 326 g/mol. The molecule has 0 fully saturated rings. The molecule has 1 rings (SSSR count). The molecule has 0 saturated carbocycles. The molecule has 3 N–H and O–H groups in total. The van der Waals surface area contributed by atoms with Gasteiger partial charge in [0.2, 0.25) is 15.9 Å². The molecule has 6 nitrogen and oxygen atoms in total. The number of hydrogen-bond acceptors (Lipinski definition) is 4. The molecule has 8 heteroatoms. The van der Waals surface area contributed by atoms with Gasteiger partial charge in [-0.05, 0) is 18.2 Å². The number of nitrogens with two attached hydrogens (primary N) is 1. The second kappa shape index (κ2) is 7.92. The Balaban J connectivity index is 3.18. The summed E-state index contributed by atoms with van der Waals surface area (Å²) in [5.41, 5.74) is 5.82. The Kier molecular flexibility index (Phi) is 6.80. The van der Waals surface area contributed by atoms with Crippen LogP contribution in [-0.2, 0) is 14.8 Å². The SMILES string of the molecule is CCN(CC)S(=O)(=O)c1cc(NC(=O)C(C)CN)ccc1Cl. The summed E-state index contributed by atoms with van der Waals surface area (Å²) in [6, 6.07) is 4.39. The molecule has 1 atom stereocenters. The number of nitrogens with zero attached hydrogens (tertiary/aromatic N) is 1. The van der Waals surface area contributed by atoms with Gasteiger partial charge in [0.15, 0.2) is 0 Å². The lowest BCUT2D eigenvalue weighted by Gasteiger charge is -2.20. The van der Waals surface area contributed by atoms with Crippen LogP contribution in [-0.4, -0.2) is 38.3 Å². The zero-order valence-corrected chi connectivity index (χ0v) is 14.5. The van der Waals surface area contributed by atoms with Gasteiger partial charge in [-0.3, -0.25) is 4.79 Å². The van der Waals surface area contributed by atoms with Gasteiger partial charge < -0.3 is 11.1 Å². The lowest BCUT2D eigenvalue weighted by Crippen LogP contribution is -2.31. The van der Waals surface area contributed by atoms with E-state index in [0.29, 0.717) is 18.8 Å². The predicted octanol–water partition coefficient (Wildman–Crippen LogP) is 1.90. The second-order valence-corrected chi connectivity index (χ2v) is 7.17. The van der Waals surface area contributed by atoms with Crippen LogP contribution in [0.3, 0.4) is 0 Å². The van der Waals surface area contributed by atoms with Crippen molar-refractivity contribution >= 4 is 33.2 Å². The van der Waals surface area contributed by atoms with E-state index in [2.05, 4.69) is 5.32 Å². The van der Waals surface area contributed by atoms with E-state index in [-0.39, 0.29) is 28.3 Å². The maximum absolute atomic E-state index is 12.6. The van der Waals surface area contributed by atoms with Gasteiger partial charge in [0, 0.05) is 31.2 Å². The highest BCUT2D eigenvalue weighted by Crippen LogP contribution is 2.27. The number of amides is 1. The average molecular weight is 348 g/mol. The third-order valence-corrected chi connectivity index (χ3v) is 5.85. The summed E-state index contributed by atoms with van der Waals surface area (Å²) in [6.07, 6.45) is 0. The monoisotopic (exact) mass is 347 g/mol. The van der Waals surface area contributed by atoms with Crippen molar-refractivity contribution in [2.24, 2.45) is 11.7 Å². The van der Waals surface area contributed by atoms with Crippen LogP contribution in [0.5, 0.6) is 0 Å². The van der Waals surface area contributed by atoms with Gasteiger partial charge >= 0.3 is 0 Å². The molecule has 0 spiro atoms. The van der Waals surface area contributed by atoms with E-state index < -0.39 is 10.0 Å². The molecule has 0 bridgehead atoms. The molecule has 0 aromatic heterocycles. The van der Waals surface area contributed by atoms with Crippen LogP contribution in [0, 0.1) is 5.92 Å². The predicted molar refractivity (Wildman–Crippen MR) is 88.4 cm³/mol. The van der Waals surface area contributed by atoms with Crippen LogP contribution < -0.4 is 11.1 Å². The number of carbonyl (C=O) groups excluding carboxylic acids is 1. The number of hydrogen-bond donors (Lipinski definition) is 2. The first-order chi connectivity index (χ1) is 10.3. The van der Waals surface area contributed by atoms with Crippen molar-refractivity contribution in [3.63, 3.8) is 0 Å². The first-order valence-electron chi connectivity index (χ1n) is 7.08. The summed E-state index contributed by atoms with van der Waals surface area (Å²) in [4.78, 5) is 11.8. The minimum atomic E-state index is -3.69. The van der Waals surface area contributed by atoms with Crippen LogP contribution >= 0.6 is 11.6 Å². The first kappa shape index (κ1) is 18.9. The molecular formula is C14H22ClN3O3S. The second-order valence-electron chi connectivity index (χ2n) is 4.86. The number of halogens is 1. The fourth-order valence-electron chi connectivity index (χ4n) is 1.85. The van der Waals surface area contributed by atoms with Crippen molar-refractivity contribution in [3.8, 4) is 0 Å². The summed E-state index contributed by atoms with van der Waals surface area (Å²) in [6.45, 7) is 6.10. The Hall–Kier alpha value is -1.15. The van der Waals surface area contributed by atoms with Crippen molar-refractivity contribution < 1.29 is 13.2 Å². The molecule has 0 aliphatic carbocycles. The van der Waals surface area contributed by atoms with Gasteiger partial charge in [-0.15, -0.1) is 0 Å². The Bertz CT molecular complexity index is 630. The Labute approximate surface area is 136 Å². The highest BCUT2D eigenvalue weighted by molar-refractivity contribution is 7.89. The van der Waals surface area contributed by atoms with E-state index in [9.17, 15) is 13.2 Å². The normalized spacial score (nSPS) is 13.2. The van der Waals surface area contributed by atoms with Gasteiger partial charge in [-0.2, -0.15) is 4.31 Å². The third-order valence-electron chi connectivity index (χ3n) is 3.32. The molecule has 0 heterocycles. The van der Waals surface area contributed by atoms with Gasteiger partial charge in [0.25, 0.3) is 0 Å². The quantitative estimate of drug-likeness (QED) is 0.787. The van der Waals surface area contributed by atoms with Crippen LogP contribution in [0.15, 0.2) is 23.1 Å². The summed E-state index contributed by atoms with van der Waals surface area (Å²) >= 11 is 6.03. The topological polar surface area (TPSA) is 92.5 Å². The van der Waals surface area contributed by atoms with Crippen molar-refractivity contribution in [3.05, 3.63) is 23.2 Å². The summed E-state index contributed by atoms with van der Waals surface area (Å²) < 4.78 is 26.4. The first-order valence-corrected chi connectivity index (χ1v) is 8.90. The molecule has 124 valence electrons. The number of nitrogens with one attached hydrogen (secondary N) is 1. The third kappa shape index (κ3) is 4.19. The van der Waals surface area contributed by atoms with Crippen molar-refractivity contribution in [2.45, 2.75) is 25.7 Å². The molecule has 1 unspecified atom stereocenters. The standard InChI is InChI=1S/C14H22ClN3O3S/c1-4-18(5-2)22(20,21)13-8-11(6-7-12(13)15)17-14(19)10(3)9-16/h6-8,10H,4-5,9,16H2,1-3H3,(H,17,19). The number of rotatable bonds is 7. The van der Waals surface area contributed by atoms with E-state index in [0.717, 1.165) is 0 Å². The molecule has 0 saturated heterocycles. The van der Waals surface area contributed by atoms with Crippen LogP contribution in [0.2, 0.25) is 5.02 Å². The van der Waals surface area contributed by atoms with E-state index in [4.69, 9.17) is 17.3 Å². The largest absolute Gasteiger partial charge is 0.330 e. The van der Waals surface area contributed by atoms with E-state index in [1.165, 1.54) is 16.4 Å². The van der Waals surface area contributed by atoms with Crippen LogP contribution in [0.4, 0.5) is 5.69 Å². The number of carbonyl (C=O) groups is 1. The molecule has 0 aliphatic heterocycles. The molecule has 1 amide bonds. The van der Waals surface area contributed by atoms with Gasteiger partial charge in [-0.1, -0.05) is 32.4 Å². The Morgan fingerprint density at radius 1 is 1.36 bits per heavy atom. The highest BCUT2D eigenvalue weighted by atomic mass is 35.5. The Morgan fingerprint density at radius 3 is 2.45 bits per heavy atom. The van der Waals surface area contributed by atoms with E-state index in [1.807, 2.05) is 0 Å². The van der Waals surface area contributed by atoms with E-state index >= 15 is 0 Å². The molecule has 0 radical (unpaired) electrons. The fraction of sp³-hybridized carbons (Fsp3) is 0.500. The maximum atomic E-state index is 12.6. The zero-order valence-electron chi connectivity index (χ0n) is 13.0. The van der Waals surface area contributed by atoms with Gasteiger partial charge in [0.05, 0.1) is 5.02 Å². The highest BCUT2D eigenvalue weighted by Gasteiger charge is 2.25. The summed E-state index contributed by atoms with van der Waals surface area (Å²) in [5, 5.41) is 2.77. The van der Waals surface area contributed by atoms with Crippen molar-refractivity contribution in [1.29, 1.82) is 0 Å². The number of anilines is 1. The molecule has 0 aliphatic rings. The smallest absolute Gasteiger partial charge is 0.244 e. The maximum Gasteiger partial charge on any atom is 0.244 e. The number of sulfonamides is 1.